The summed E-state index contributed by atoms with van der Waals surface area (Å²) >= 11 is 0. The molecule has 116 valence electrons. The van der Waals surface area contributed by atoms with Gasteiger partial charge in [-0.15, -0.1) is 0 Å². The minimum Gasteiger partial charge on any atom is -0.381 e. The largest absolute Gasteiger partial charge is 0.381 e. The van der Waals surface area contributed by atoms with Crippen LogP contribution in [0.3, 0.4) is 0 Å². The molecule has 2 nitrogen and oxygen atoms in total. The summed E-state index contributed by atoms with van der Waals surface area (Å²) in [4.78, 5) is 0. The van der Waals surface area contributed by atoms with Crippen LogP contribution < -0.4 is 5.32 Å². The van der Waals surface area contributed by atoms with Crippen molar-refractivity contribution < 1.29 is 4.74 Å². The van der Waals surface area contributed by atoms with Gasteiger partial charge in [0, 0.05) is 12.6 Å². The highest BCUT2D eigenvalue weighted by Crippen LogP contribution is 2.38. The molecule has 21 heavy (non-hydrogen) atoms. The summed E-state index contributed by atoms with van der Waals surface area (Å²) in [5, 5.41) is 3.87. The van der Waals surface area contributed by atoms with Crippen molar-refractivity contribution in [2.45, 2.75) is 57.4 Å². The number of aryl methyl sites for hydroxylation is 1. The molecule has 1 saturated heterocycles. The monoisotopic (exact) mass is 287 g/mol. The van der Waals surface area contributed by atoms with Crippen LogP contribution in [0.15, 0.2) is 24.3 Å². The average molecular weight is 287 g/mol. The first-order chi connectivity index (χ1) is 10.4. The maximum absolute atomic E-state index is 5.78. The molecular formula is C19H29NO. The minimum atomic E-state index is 0.590. The Bertz CT molecular complexity index is 439. The zero-order valence-electron chi connectivity index (χ0n) is 13.3. The van der Waals surface area contributed by atoms with Crippen molar-refractivity contribution >= 4 is 0 Å². The Morgan fingerprint density at radius 3 is 2.95 bits per heavy atom. The highest BCUT2D eigenvalue weighted by molar-refractivity contribution is 5.34. The molecular weight excluding hydrogens is 258 g/mol. The van der Waals surface area contributed by atoms with E-state index in [0.29, 0.717) is 17.9 Å². The molecule has 2 heteroatoms. The summed E-state index contributed by atoms with van der Waals surface area (Å²) in [6.07, 6.45) is 7.67. The second-order valence-electron chi connectivity index (χ2n) is 6.65. The summed E-state index contributed by atoms with van der Waals surface area (Å²) in [6.45, 7) is 5.29. The Labute approximate surface area is 129 Å². The topological polar surface area (TPSA) is 21.3 Å². The molecule has 0 bridgehead atoms. The van der Waals surface area contributed by atoms with Gasteiger partial charge in [0.2, 0.25) is 0 Å². The van der Waals surface area contributed by atoms with E-state index >= 15 is 0 Å². The number of hydrogen-bond acceptors (Lipinski definition) is 2. The van der Waals surface area contributed by atoms with Crippen LogP contribution in [0.4, 0.5) is 0 Å². The summed E-state index contributed by atoms with van der Waals surface area (Å²) in [7, 11) is 0. The standard InChI is InChI=1S/C19H29NO/c1-2-12-20-19(16-9-6-13-21-14-16)18-11-5-8-15-7-3-4-10-17(15)18/h3-4,7,10,16,18-20H,2,5-6,8-9,11-14H2,1H3. The lowest BCUT2D eigenvalue weighted by Gasteiger charge is -2.39. The normalized spacial score (nSPS) is 27.1. The van der Waals surface area contributed by atoms with Gasteiger partial charge in [-0.2, -0.15) is 0 Å². The Morgan fingerprint density at radius 1 is 1.24 bits per heavy atom. The van der Waals surface area contributed by atoms with E-state index in [2.05, 4.69) is 36.5 Å². The fourth-order valence-electron chi connectivity index (χ4n) is 4.16. The second-order valence-corrected chi connectivity index (χ2v) is 6.65. The van der Waals surface area contributed by atoms with Crippen molar-refractivity contribution in [3.05, 3.63) is 35.4 Å². The van der Waals surface area contributed by atoms with E-state index in [1.807, 2.05) is 0 Å². The third-order valence-electron chi connectivity index (χ3n) is 5.18. The lowest BCUT2D eigenvalue weighted by molar-refractivity contribution is 0.0336. The molecule has 0 spiro atoms. The Hall–Kier alpha value is -0.860. The SMILES string of the molecule is CCCNC(C1CCCOC1)C1CCCc2ccccc21. The minimum absolute atomic E-state index is 0.590. The maximum atomic E-state index is 5.78. The summed E-state index contributed by atoms with van der Waals surface area (Å²) in [5.41, 5.74) is 3.18. The van der Waals surface area contributed by atoms with Gasteiger partial charge in [0.25, 0.3) is 0 Å². The lowest BCUT2D eigenvalue weighted by atomic mass is 9.74. The van der Waals surface area contributed by atoms with Gasteiger partial charge in [-0.3, -0.25) is 0 Å². The maximum Gasteiger partial charge on any atom is 0.0509 e. The third kappa shape index (κ3) is 3.49. The smallest absolute Gasteiger partial charge is 0.0509 e. The molecule has 1 aliphatic carbocycles. The highest BCUT2D eigenvalue weighted by atomic mass is 16.5. The van der Waals surface area contributed by atoms with Gasteiger partial charge in [0.05, 0.1) is 6.61 Å². The van der Waals surface area contributed by atoms with Crippen LogP contribution in [0.2, 0.25) is 0 Å². The van der Waals surface area contributed by atoms with Crippen molar-refractivity contribution in [1.82, 2.24) is 5.32 Å². The molecule has 3 unspecified atom stereocenters. The van der Waals surface area contributed by atoms with E-state index in [4.69, 9.17) is 4.74 Å². The summed E-state index contributed by atoms with van der Waals surface area (Å²) in [5.74, 6) is 1.36. The molecule has 0 saturated carbocycles. The van der Waals surface area contributed by atoms with Gasteiger partial charge < -0.3 is 10.1 Å². The number of rotatable bonds is 5. The molecule has 1 fully saturated rings. The quantitative estimate of drug-likeness (QED) is 0.887. The van der Waals surface area contributed by atoms with Crippen molar-refractivity contribution in [3.63, 3.8) is 0 Å². The van der Waals surface area contributed by atoms with E-state index in [0.717, 1.165) is 19.8 Å². The molecule has 1 aromatic rings. The van der Waals surface area contributed by atoms with E-state index in [9.17, 15) is 0 Å². The first-order valence-electron chi connectivity index (χ1n) is 8.79. The fourth-order valence-corrected chi connectivity index (χ4v) is 4.16. The van der Waals surface area contributed by atoms with Crippen LogP contribution in [0, 0.1) is 5.92 Å². The molecule has 0 radical (unpaired) electrons. The van der Waals surface area contributed by atoms with Crippen molar-refractivity contribution in [2.75, 3.05) is 19.8 Å². The molecule has 3 rings (SSSR count). The Kier molecular flexibility index (Phi) is 5.32. The van der Waals surface area contributed by atoms with Crippen LogP contribution in [0.1, 0.15) is 56.1 Å². The molecule has 2 aliphatic rings. The second kappa shape index (κ2) is 7.42. The van der Waals surface area contributed by atoms with Crippen LogP contribution in [-0.2, 0) is 11.2 Å². The van der Waals surface area contributed by atoms with Crippen LogP contribution >= 0.6 is 0 Å². The van der Waals surface area contributed by atoms with Gasteiger partial charge in [-0.1, -0.05) is 31.2 Å². The number of ether oxygens (including phenoxy) is 1. The molecule has 0 aromatic heterocycles. The zero-order valence-corrected chi connectivity index (χ0v) is 13.3. The number of benzene rings is 1. The predicted octanol–water partition coefficient (Wildman–Crippen LogP) is 3.90. The van der Waals surface area contributed by atoms with Crippen molar-refractivity contribution in [2.24, 2.45) is 5.92 Å². The van der Waals surface area contributed by atoms with Gasteiger partial charge in [0.1, 0.15) is 0 Å². The van der Waals surface area contributed by atoms with Crippen LogP contribution in [-0.4, -0.2) is 25.8 Å². The van der Waals surface area contributed by atoms with Crippen molar-refractivity contribution in [3.8, 4) is 0 Å². The molecule has 3 atom stereocenters. The fraction of sp³-hybridized carbons (Fsp3) is 0.684. The Balaban J connectivity index is 1.82. The highest BCUT2D eigenvalue weighted by Gasteiger charge is 2.33. The first-order valence-corrected chi connectivity index (χ1v) is 8.79. The number of nitrogens with one attached hydrogen (secondary N) is 1. The molecule has 1 N–H and O–H groups in total. The van der Waals surface area contributed by atoms with Crippen LogP contribution in [0.5, 0.6) is 0 Å². The van der Waals surface area contributed by atoms with E-state index in [1.54, 1.807) is 11.1 Å². The number of fused-ring (bicyclic) bond motifs is 1. The van der Waals surface area contributed by atoms with Gasteiger partial charge >= 0.3 is 0 Å². The molecule has 1 aromatic carbocycles. The summed E-state index contributed by atoms with van der Waals surface area (Å²) in [6, 6.07) is 9.69. The first kappa shape index (κ1) is 15.1. The molecule has 0 amide bonds. The van der Waals surface area contributed by atoms with E-state index in [-0.39, 0.29) is 0 Å². The van der Waals surface area contributed by atoms with Gasteiger partial charge in [-0.05, 0) is 68.0 Å². The lowest BCUT2D eigenvalue weighted by Crippen LogP contribution is -2.45. The van der Waals surface area contributed by atoms with Gasteiger partial charge in [-0.25, -0.2) is 0 Å². The summed E-state index contributed by atoms with van der Waals surface area (Å²) < 4.78 is 5.78. The molecule has 1 heterocycles. The van der Waals surface area contributed by atoms with Crippen LogP contribution in [0.25, 0.3) is 0 Å². The van der Waals surface area contributed by atoms with E-state index < -0.39 is 0 Å². The van der Waals surface area contributed by atoms with Gasteiger partial charge in [0.15, 0.2) is 0 Å². The van der Waals surface area contributed by atoms with Crippen molar-refractivity contribution in [1.29, 1.82) is 0 Å². The Morgan fingerprint density at radius 2 is 2.14 bits per heavy atom. The predicted molar refractivity (Wildman–Crippen MR) is 87.7 cm³/mol. The molecule has 1 aliphatic heterocycles. The average Bonchev–Trinajstić information content (AvgIpc) is 2.56. The number of hydrogen-bond donors (Lipinski definition) is 1. The zero-order chi connectivity index (χ0) is 14.5. The third-order valence-corrected chi connectivity index (χ3v) is 5.18. The van der Waals surface area contributed by atoms with E-state index in [1.165, 1.54) is 38.5 Å².